The molecule has 2 rings (SSSR count). The van der Waals surface area contributed by atoms with Crippen LogP contribution in [0.4, 0.5) is 0 Å². The second-order valence-corrected chi connectivity index (χ2v) is 2.79. The molecule has 1 N–H and O–H groups in total. The summed E-state index contributed by atoms with van der Waals surface area (Å²) in [6.07, 6.45) is 0.625. The van der Waals surface area contributed by atoms with Crippen LogP contribution in [-0.4, -0.2) is 31.1 Å². The van der Waals surface area contributed by atoms with Crippen molar-refractivity contribution in [2.45, 2.75) is 12.0 Å². The Morgan fingerprint density at radius 2 is 2.33 bits per heavy atom. The van der Waals surface area contributed by atoms with Gasteiger partial charge in [-0.1, -0.05) is 0 Å². The lowest BCUT2D eigenvalue weighted by atomic mass is 9.93. The second kappa shape index (κ2) is 1.55. The van der Waals surface area contributed by atoms with Crippen molar-refractivity contribution in [3.8, 4) is 0 Å². The number of carbonyl (C=O) groups excluding carboxylic acids is 1. The molecule has 0 radical (unpaired) electrons. The summed E-state index contributed by atoms with van der Waals surface area (Å²) < 4.78 is 5.28. The van der Waals surface area contributed by atoms with Crippen LogP contribution in [0, 0.1) is 0 Å². The first-order valence-corrected chi connectivity index (χ1v) is 3.17. The fraction of sp³-hybridized carbons (Fsp3) is 0.833. The van der Waals surface area contributed by atoms with Crippen LogP contribution >= 0.6 is 0 Å². The van der Waals surface area contributed by atoms with E-state index in [1.54, 1.807) is 0 Å². The molecular weight excluding hydrogens is 118 g/mol. The van der Waals surface area contributed by atoms with Crippen LogP contribution in [0.3, 0.4) is 0 Å². The average Bonchev–Trinajstić information content (AvgIpc) is 2.09. The molecule has 2 fully saturated rings. The van der Waals surface area contributed by atoms with Crippen molar-refractivity contribution in [3.05, 3.63) is 0 Å². The molecule has 3 nitrogen and oxygen atoms in total. The summed E-state index contributed by atoms with van der Waals surface area (Å²) >= 11 is 0. The molecule has 0 aromatic carbocycles. The smallest absolute Gasteiger partial charge is 0.161 e. The summed E-state index contributed by atoms with van der Waals surface area (Å²) in [6, 6.07) is 0. The largest absolute Gasteiger partial charge is 0.364 e. The lowest BCUT2D eigenvalue weighted by Gasteiger charge is -2.37. The van der Waals surface area contributed by atoms with Crippen molar-refractivity contribution in [3.63, 3.8) is 0 Å². The molecule has 2 heterocycles. The van der Waals surface area contributed by atoms with Gasteiger partial charge >= 0.3 is 0 Å². The molecule has 0 aromatic rings. The number of hydrogen-bond acceptors (Lipinski definition) is 3. The SMILES string of the molecule is O=C1COC2(CNC2)C1. The second-order valence-electron chi connectivity index (χ2n) is 2.79. The van der Waals surface area contributed by atoms with E-state index in [0.29, 0.717) is 13.0 Å². The Bertz CT molecular complexity index is 151. The number of nitrogens with one attached hydrogen (secondary N) is 1. The van der Waals surface area contributed by atoms with E-state index >= 15 is 0 Å². The minimum atomic E-state index is -0.0723. The maximum absolute atomic E-state index is 10.7. The van der Waals surface area contributed by atoms with Gasteiger partial charge in [-0.15, -0.1) is 0 Å². The van der Waals surface area contributed by atoms with E-state index in [-0.39, 0.29) is 11.4 Å². The molecular formula is C6H9NO2. The van der Waals surface area contributed by atoms with Crippen LogP contribution in [-0.2, 0) is 9.53 Å². The quantitative estimate of drug-likeness (QED) is 0.468. The highest BCUT2D eigenvalue weighted by Crippen LogP contribution is 2.26. The lowest BCUT2D eigenvalue weighted by Crippen LogP contribution is -2.59. The molecule has 0 saturated carbocycles. The number of rotatable bonds is 0. The molecule has 9 heavy (non-hydrogen) atoms. The van der Waals surface area contributed by atoms with Crippen molar-refractivity contribution in [2.75, 3.05) is 19.7 Å². The number of ketones is 1. The van der Waals surface area contributed by atoms with Crippen LogP contribution in [0.15, 0.2) is 0 Å². The molecule has 2 saturated heterocycles. The molecule has 2 aliphatic heterocycles. The van der Waals surface area contributed by atoms with E-state index in [1.807, 2.05) is 0 Å². The predicted octanol–water partition coefficient (Wildman–Crippen LogP) is -0.682. The zero-order chi connectivity index (χ0) is 6.32. The highest BCUT2D eigenvalue weighted by Gasteiger charge is 2.44. The molecule has 0 aromatic heterocycles. The zero-order valence-electron chi connectivity index (χ0n) is 5.14. The van der Waals surface area contributed by atoms with Crippen LogP contribution in [0.5, 0.6) is 0 Å². The molecule has 1 spiro atoms. The van der Waals surface area contributed by atoms with Crippen LogP contribution in [0.1, 0.15) is 6.42 Å². The lowest BCUT2D eigenvalue weighted by molar-refractivity contribution is -0.117. The molecule has 0 amide bonds. The Labute approximate surface area is 53.4 Å². The Balaban J connectivity index is 2.07. The van der Waals surface area contributed by atoms with Gasteiger partial charge < -0.3 is 10.1 Å². The highest BCUT2D eigenvalue weighted by molar-refractivity contribution is 5.82. The Hall–Kier alpha value is -0.410. The van der Waals surface area contributed by atoms with E-state index < -0.39 is 0 Å². The molecule has 0 unspecified atom stereocenters. The fourth-order valence-corrected chi connectivity index (χ4v) is 1.33. The van der Waals surface area contributed by atoms with Crippen LogP contribution in [0.25, 0.3) is 0 Å². The predicted molar refractivity (Wildman–Crippen MR) is 31.2 cm³/mol. The molecule has 0 atom stereocenters. The van der Waals surface area contributed by atoms with E-state index in [9.17, 15) is 4.79 Å². The molecule has 3 heteroatoms. The Morgan fingerprint density at radius 3 is 2.56 bits per heavy atom. The third-order valence-electron chi connectivity index (χ3n) is 1.95. The molecule has 50 valence electrons. The summed E-state index contributed by atoms with van der Waals surface area (Å²) in [4.78, 5) is 10.7. The third kappa shape index (κ3) is 0.686. The summed E-state index contributed by atoms with van der Waals surface area (Å²) in [5, 5.41) is 3.09. The summed E-state index contributed by atoms with van der Waals surface area (Å²) in [5.74, 6) is 0.247. The maximum atomic E-state index is 10.7. The van der Waals surface area contributed by atoms with Gasteiger partial charge in [-0.2, -0.15) is 0 Å². The Kier molecular flexibility index (Phi) is 0.926. The van der Waals surface area contributed by atoms with Gasteiger partial charge in [-0.25, -0.2) is 0 Å². The van der Waals surface area contributed by atoms with Crippen molar-refractivity contribution in [2.24, 2.45) is 0 Å². The van der Waals surface area contributed by atoms with Crippen molar-refractivity contribution in [1.29, 1.82) is 0 Å². The van der Waals surface area contributed by atoms with Gasteiger partial charge in [0.05, 0.1) is 0 Å². The van der Waals surface area contributed by atoms with Crippen LogP contribution in [0.2, 0.25) is 0 Å². The third-order valence-corrected chi connectivity index (χ3v) is 1.95. The van der Waals surface area contributed by atoms with Gasteiger partial charge in [0.25, 0.3) is 0 Å². The number of carbonyl (C=O) groups is 1. The molecule has 2 aliphatic rings. The topological polar surface area (TPSA) is 38.3 Å². The van der Waals surface area contributed by atoms with E-state index in [4.69, 9.17) is 4.74 Å². The minimum absolute atomic E-state index is 0.0723. The van der Waals surface area contributed by atoms with E-state index in [2.05, 4.69) is 5.32 Å². The van der Waals surface area contributed by atoms with Gasteiger partial charge in [0.2, 0.25) is 0 Å². The van der Waals surface area contributed by atoms with E-state index in [0.717, 1.165) is 13.1 Å². The Morgan fingerprint density at radius 1 is 1.56 bits per heavy atom. The minimum Gasteiger partial charge on any atom is -0.364 e. The first-order chi connectivity index (χ1) is 4.31. The molecule has 0 bridgehead atoms. The van der Waals surface area contributed by atoms with Crippen molar-refractivity contribution >= 4 is 5.78 Å². The summed E-state index contributed by atoms with van der Waals surface area (Å²) in [6.45, 7) is 2.05. The van der Waals surface area contributed by atoms with Crippen molar-refractivity contribution < 1.29 is 9.53 Å². The summed E-state index contributed by atoms with van der Waals surface area (Å²) in [5.41, 5.74) is -0.0723. The number of ether oxygens (including phenoxy) is 1. The maximum Gasteiger partial charge on any atom is 0.161 e. The average molecular weight is 127 g/mol. The summed E-state index contributed by atoms with van der Waals surface area (Å²) in [7, 11) is 0. The van der Waals surface area contributed by atoms with Gasteiger partial charge in [0.15, 0.2) is 5.78 Å². The highest BCUT2D eigenvalue weighted by atomic mass is 16.5. The van der Waals surface area contributed by atoms with Gasteiger partial charge in [-0.3, -0.25) is 4.79 Å². The fourth-order valence-electron chi connectivity index (χ4n) is 1.33. The van der Waals surface area contributed by atoms with Crippen molar-refractivity contribution in [1.82, 2.24) is 5.32 Å². The first-order valence-electron chi connectivity index (χ1n) is 3.17. The normalized spacial score (nSPS) is 30.9. The first kappa shape index (κ1) is 5.38. The number of Topliss-reactive ketones (excluding diaryl/α,β-unsaturated/α-hetero) is 1. The van der Waals surface area contributed by atoms with Crippen LogP contribution < -0.4 is 5.32 Å². The monoisotopic (exact) mass is 127 g/mol. The van der Waals surface area contributed by atoms with E-state index in [1.165, 1.54) is 0 Å². The number of hydrogen-bond donors (Lipinski definition) is 1. The van der Waals surface area contributed by atoms with Gasteiger partial charge in [-0.05, 0) is 0 Å². The molecule has 0 aliphatic carbocycles. The van der Waals surface area contributed by atoms with Gasteiger partial charge in [0.1, 0.15) is 12.2 Å². The van der Waals surface area contributed by atoms with Gasteiger partial charge in [0, 0.05) is 19.5 Å². The standard InChI is InChI=1S/C6H9NO2/c8-5-1-6(9-2-5)3-7-4-6/h7H,1-4H2. The zero-order valence-corrected chi connectivity index (χ0v) is 5.14.